The van der Waals surface area contributed by atoms with Gasteiger partial charge in [-0.15, -0.1) is 0 Å². The van der Waals surface area contributed by atoms with Gasteiger partial charge in [0.2, 0.25) is 0 Å². The van der Waals surface area contributed by atoms with Crippen molar-refractivity contribution in [1.82, 2.24) is 19.9 Å². The Kier molecular flexibility index (Phi) is 9.62. The molecule has 4 heteroatoms. The summed E-state index contributed by atoms with van der Waals surface area (Å²) in [7, 11) is 0. The van der Waals surface area contributed by atoms with Crippen molar-refractivity contribution in [3.05, 3.63) is 312 Å². The largest absolute Gasteiger partial charge is 0.255 e. The molecule has 9 aromatic carbocycles. The summed E-state index contributed by atoms with van der Waals surface area (Å²) in [5.74, 6) is 0. The van der Waals surface area contributed by atoms with Crippen LogP contribution in [0.15, 0.2) is 267 Å². The van der Waals surface area contributed by atoms with Gasteiger partial charge in [-0.25, -0.2) is 9.97 Å². The molecule has 336 valence electrons. The van der Waals surface area contributed by atoms with Crippen molar-refractivity contribution in [3.63, 3.8) is 0 Å². The van der Waals surface area contributed by atoms with Gasteiger partial charge in [0.25, 0.3) is 0 Å². The summed E-state index contributed by atoms with van der Waals surface area (Å²) in [4.78, 5) is 21.2. The molecule has 4 nitrogen and oxygen atoms in total. The van der Waals surface area contributed by atoms with Crippen LogP contribution in [-0.4, -0.2) is 19.9 Å². The Labute approximate surface area is 418 Å². The topological polar surface area (TPSA) is 51.6 Å². The van der Waals surface area contributed by atoms with E-state index in [1.165, 1.54) is 66.8 Å². The first-order valence-electron chi connectivity index (χ1n) is 24.6. The smallest absolute Gasteiger partial charge is 0.117 e. The summed E-state index contributed by atoms with van der Waals surface area (Å²) < 4.78 is 0. The third-order valence-electron chi connectivity index (χ3n) is 15.2. The lowest BCUT2D eigenvalue weighted by molar-refractivity contribution is 0.769. The molecule has 0 aliphatic heterocycles. The van der Waals surface area contributed by atoms with Gasteiger partial charge in [-0.3, -0.25) is 9.97 Å². The number of fused-ring (bicyclic) bond motifs is 7. The Hall–Kier alpha value is -9.38. The van der Waals surface area contributed by atoms with E-state index in [0.717, 1.165) is 44.7 Å². The van der Waals surface area contributed by atoms with E-state index in [1.54, 1.807) is 0 Å². The number of aromatic nitrogens is 4. The fourth-order valence-corrected chi connectivity index (χ4v) is 12.2. The van der Waals surface area contributed by atoms with Crippen molar-refractivity contribution in [1.29, 1.82) is 0 Å². The highest BCUT2D eigenvalue weighted by Gasteiger charge is 2.47. The minimum Gasteiger partial charge on any atom is -0.255 e. The summed E-state index contributed by atoms with van der Waals surface area (Å²) in [5.41, 5.74) is 22.1. The molecule has 0 amide bonds. The van der Waals surface area contributed by atoms with Crippen LogP contribution in [0.4, 0.5) is 0 Å². The molecule has 0 bridgehead atoms. The lowest BCUT2D eigenvalue weighted by atomic mass is 9.67. The zero-order valence-electron chi connectivity index (χ0n) is 39.2. The summed E-state index contributed by atoms with van der Waals surface area (Å²) >= 11 is 0. The van der Waals surface area contributed by atoms with Crippen LogP contribution >= 0.6 is 0 Å². The van der Waals surface area contributed by atoms with Gasteiger partial charge in [-0.1, -0.05) is 218 Å². The zero-order chi connectivity index (χ0) is 47.6. The van der Waals surface area contributed by atoms with Crippen molar-refractivity contribution < 1.29 is 0 Å². The molecule has 0 fully saturated rings. The van der Waals surface area contributed by atoms with Gasteiger partial charge >= 0.3 is 0 Å². The van der Waals surface area contributed by atoms with Crippen molar-refractivity contribution in [2.75, 3.05) is 0 Å². The molecule has 0 saturated carbocycles. The monoisotopic (exact) mass is 916 g/mol. The molecule has 0 spiro atoms. The Morgan fingerprint density at radius 2 is 0.569 bits per heavy atom. The molecule has 0 unspecified atom stereocenters. The third-order valence-corrected chi connectivity index (χ3v) is 15.2. The first-order chi connectivity index (χ1) is 35.7. The van der Waals surface area contributed by atoms with Gasteiger partial charge in [0, 0.05) is 23.5 Å². The van der Waals surface area contributed by atoms with Crippen LogP contribution in [0.25, 0.3) is 78.3 Å². The predicted octanol–water partition coefficient (Wildman–Crippen LogP) is 15.8. The molecule has 12 aromatic rings. The second kappa shape index (κ2) is 16.6. The van der Waals surface area contributed by atoms with Crippen LogP contribution in [0.3, 0.4) is 0 Å². The van der Waals surface area contributed by atoms with Crippen molar-refractivity contribution >= 4 is 11.0 Å². The molecular weight excluding hydrogens is 873 g/mol. The first kappa shape index (κ1) is 41.6. The maximum atomic E-state index is 5.73. The molecular formula is C68H44N4. The minimum absolute atomic E-state index is 0.566. The molecule has 0 atom stereocenters. The summed E-state index contributed by atoms with van der Waals surface area (Å²) in [6, 6.07) is 92.2. The highest BCUT2D eigenvalue weighted by atomic mass is 14.9. The second-order valence-corrected chi connectivity index (χ2v) is 18.8. The van der Waals surface area contributed by atoms with E-state index in [2.05, 4.69) is 218 Å². The van der Waals surface area contributed by atoms with Crippen LogP contribution < -0.4 is 0 Å². The number of nitrogens with zero attached hydrogens (tertiary/aromatic N) is 4. The van der Waals surface area contributed by atoms with Crippen LogP contribution in [0.2, 0.25) is 0 Å². The minimum atomic E-state index is -0.566. The predicted molar refractivity (Wildman–Crippen MR) is 291 cm³/mol. The van der Waals surface area contributed by atoms with E-state index in [0.29, 0.717) is 11.4 Å². The van der Waals surface area contributed by atoms with Crippen molar-refractivity contribution in [3.8, 4) is 67.3 Å². The quantitative estimate of drug-likeness (QED) is 0.152. The molecule has 2 aliphatic rings. The summed E-state index contributed by atoms with van der Waals surface area (Å²) in [5, 5.41) is 0. The highest BCUT2D eigenvalue weighted by Crippen LogP contribution is 2.59. The van der Waals surface area contributed by atoms with Crippen molar-refractivity contribution in [2.24, 2.45) is 0 Å². The summed E-state index contributed by atoms with van der Waals surface area (Å²) in [6.07, 6.45) is 3.64. The van der Waals surface area contributed by atoms with Gasteiger partial charge in [0.05, 0.1) is 33.3 Å². The fraction of sp³-hybridized carbons (Fsp3) is 0.0294. The zero-order valence-corrected chi connectivity index (χ0v) is 39.2. The molecule has 14 rings (SSSR count). The lowest BCUT2D eigenvalue weighted by Crippen LogP contribution is -2.28. The highest BCUT2D eigenvalue weighted by molar-refractivity contribution is 6.04. The number of rotatable bonds is 8. The van der Waals surface area contributed by atoms with Gasteiger partial charge < -0.3 is 0 Å². The lowest BCUT2D eigenvalue weighted by Gasteiger charge is -2.34. The summed E-state index contributed by atoms with van der Waals surface area (Å²) in [6.45, 7) is 0. The molecule has 3 heterocycles. The molecule has 72 heavy (non-hydrogen) atoms. The SMILES string of the molecule is c1ccc(C2(c3ccccc3)c3ccccc3-c3ccc(-c4ccc(-c5ccc6c(c5)C(c5ccccc5)(c5ccccc5)c5ccccc5-6)c5nc(-c6ccccn6)c(-c6ccccn6)nc45)cc32)cc1. The van der Waals surface area contributed by atoms with E-state index < -0.39 is 10.8 Å². The van der Waals surface area contributed by atoms with Crippen LogP contribution in [0, 0.1) is 0 Å². The fourth-order valence-electron chi connectivity index (χ4n) is 12.2. The number of benzene rings is 9. The number of hydrogen-bond donors (Lipinski definition) is 0. The van der Waals surface area contributed by atoms with E-state index in [9.17, 15) is 0 Å². The van der Waals surface area contributed by atoms with Gasteiger partial charge in [-0.05, 0) is 114 Å². The normalized spacial score (nSPS) is 13.5. The third kappa shape index (κ3) is 6.12. The average Bonchev–Trinajstić information content (AvgIpc) is 3.94. The molecule has 0 N–H and O–H groups in total. The van der Waals surface area contributed by atoms with Gasteiger partial charge in [0.15, 0.2) is 0 Å². The maximum Gasteiger partial charge on any atom is 0.117 e. The first-order valence-corrected chi connectivity index (χ1v) is 24.6. The Balaban J connectivity index is 1.06. The van der Waals surface area contributed by atoms with E-state index in [-0.39, 0.29) is 0 Å². The van der Waals surface area contributed by atoms with Gasteiger partial charge in [-0.2, -0.15) is 0 Å². The second-order valence-electron chi connectivity index (χ2n) is 18.8. The standard InChI is InChI=1S/C68H44N4/c1-5-21-47(22-6-1)67(48-23-7-2-8-24-48)57-31-15-13-29-53(57)55-37-35-45(43-59(55)67)51-39-40-52(64-63(51)71-65(61-33-17-19-41-69-61)66(72-64)62-34-18-20-42-70-62)46-36-38-56-54-30-14-16-32-58(54)68(60(56)44-46,49-25-9-3-10-26-49)50-27-11-4-12-28-50/h1-44H. The maximum absolute atomic E-state index is 5.73. The Morgan fingerprint density at radius 1 is 0.250 bits per heavy atom. The molecule has 2 aliphatic carbocycles. The molecule has 3 aromatic heterocycles. The van der Waals surface area contributed by atoms with Crippen LogP contribution in [-0.2, 0) is 10.8 Å². The van der Waals surface area contributed by atoms with Crippen LogP contribution in [0.1, 0.15) is 44.5 Å². The average molecular weight is 917 g/mol. The van der Waals surface area contributed by atoms with Gasteiger partial charge in [0.1, 0.15) is 11.4 Å². The Morgan fingerprint density at radius 3 is 0.931 bits per heavy atom. The number of pyridine rings is 2. The van der Waals surface area contributed by atoms with Crippen molar-refractivity contribution in [2.45, 2.75) is 10.8 Å². The van der Waals surface area contributed by atoms with E-state index in [1.807, 2.05) is 48.8 Å². The molecule has 0 radical (unpaired) electrons. The Bertz CT molecular complexity index is 3670. The van der Waals surface area contributed by atoms with Crippen LogP contribution in [0.5, 0.6) is 0 Å². The molecule has 0 saturated heterocycles. The number of hydrogen-bond acceptors (Lipinski definition) is 4. The van der Waals surface area contributed by atoms with E-state index >= 15 is 0 Å². The van der Waals surface area contributed by atoms with E-state index in [4.69, 9.17) is 19.9 Å².